The van der Waals surface area contributed by atoms with E-state index in [0.717, 1.165) is 17.8 Å². The third-order valence-electron chi connectivity index (χ3n) is 5.37. The molecule has 3 fully saturated rings. The molecule has 92 valence electrons. The maximum absolute atomic E-state index is 6.34. The molecule has 0 N–H and O–H groups in total. The van der Waals surface area contributed by atoms with E-state index in [1.54, 1.807) is 0 Å². The topological polar surface area (TPSA) is 9.23 Å². The molecule has 1 aliphatic heterocycles. The van der Waals surface area contributed by atoms with Crippen molar-refractivity contribution in [1.82, 2.24) is 0 Å². The molecule has 1 heteroatoms. The van der Waals surface area contributed by atoms with Gasteiger partial charge < -0.3 is 4.74 Å². The van der Waals surface area contributed by atoms with Crippen molar-refractivity contribution in [3.63, 3.8) is 0 Å². The van der Waals surface area contributed by atoms with Gasteiger partial charge in [-0.25, -0.2) is 0 Å². The molecule has 2 aliphatic carbocycles. The lowest BCUT2D eigenvalue weighted by Crippen LogP contribution is -2.43. The van der Waals surface area contributed by atoms with Gasteiger partial charge >= 0.3 is 0 Å². The summed E-state index contributed by atoms with van der Waals surface area (Å²) < 4.78 is 6.34. The highest BCUT2D eigenvalue weighted by Crippen LogP contribution is 2.50. The second kappa shape index (κ2) is 4.68. The lowest BCUT2D eigenvalue weighted by atomic mass is 9.69. The molecule has 1 heterocycles. The molecular weight excluding hydrogens is 196 g/mol. The first kappa shape index (κ1) is 11.1. The van der Waals surface area contributed by atoms with Gasteiger partial charge in [-0.1, -0.05) is 26.2 Å². The van der Waals surface area contributed by atoms with Gasteiger partial charge in [0.2, 0.25) is 0 Å². The van der Waals surface area contributed by atoms with Gasteiger partial charge in [0.25, 0.3) is 0 Å². The van der Waals surface area contributed by atoms with Crippen molar-refractivity contribution < 1.29 is 4.74 Å². The maximum Gasteiger partial charge on any atom is 0.0609 e. The summed E-state index contributed by atoms with van der Waals surface area (Å²) in [6, 6.07) is 0. The smallest absolute Gasteiger partial charge is 0.0609 e. The average Bonchev–Trinajstić information content (AvgIpc) is 2.77. The van der Waals surface area contributed by atoms with Gasteiger partial charge in [-0.15, -0.1) is 0 Å². The van der Waals surface area contributed by atoms with Crippen molar-refractivity contribution in [2.75, 3.05) is 0 Å². The highest BCUT2D eigenvalue weighted by molar-refractivity contribution is 4.94. The van der Waals surface area contributed by atoms with Crippen LogP contribution in [0.4, 0.5) is 0 Å². The summed E-state index contributed by atoms with van der Waals surface area (Å²) in [5, 5.41) is 0. The fourth-order valence-electron chi connectivity index (χ4n) is 4.65. The van der Waals surface area contributed by atoms with Crippen LogP contribution < -0.4 is 0 Å². The van der Waals surface area contributed by atoms with Gasteiger partial charge in [-0.2, -0.15) is 0 Å². The van der Waals surface area contributed by atoms with E-state index in [1.807, 2.05) is 0 Å². The van der Waals surface area contributed by atoms with E-state index in [-0.39, 0.29) is 0 Å². The zero-order valence-corrected chi connectivity index (χ0v) is 10.7. The molecule has 0 aromatic rings. The fraction of sp³-hybridized carbons (Fsp3) is 1.00. The van der Waals surface area contributed by atoms with E-state index < -0.39 is 0 Å². The highest BCUT2D eigenvalue weighted by Gasteiger charge is 2.44. The van der Waals surface area contributed by atoms with Crippen LogP contribution in [0.25, 0.3) is 0 Å². The molecule has 0 aromatic carbocycles. The van der Waals surface area contributed by atoms with Crippen LogP contribution in [0.1, 0.15) is 64.7 Å². The van der Waals surface area contributed by atoms with Crippen LogP contribution in [0.5, 0.6) is 0 Å². The molecule has 0 aromatic heterocycles. The molecule has 2 saturated carbocycles. The fourth-order valence-corrected chi connectivity index (χ4v) is 4.65. The molecule has 0 amide bonds. The Morgan fingerprint density at radius 2 is 1.88 bits per heavy atom. The first-order valence-electron chi connectivity index (χ1n) is 7.54. The highest BCUT2D eigenvalue weighted by atomic mass is 16.5. The molecule has 5 atom stereocenters. The summed E-state index contributed by atoms with van der Waals surface area (Å²) in [7, 11) is 0. The van der Waals surface area contributed by atoms with Crippen LogP contribution in [0, 0.1) is 17.8 Å². The number of fused-ring (bicyclic) bond motifs is 3. The van der Waals surface area contributed by atoms with Crippen molar-refractivity contribution >= 4 is 0 Å². The summed E-state index contributed by atoms with van der Waals surface area (Å²) in [6.45, 7) is 2.28. The summed E-state index contributed by atoms with van der Waals surface area (Å²) in [6.07, 6.45) is 14.0. The molecule has 0 bridgehead atoms. The summed E-state index contributed by atoms with van der Waals surface area (Å²) in [4.78, 5) is 0. The molecule has 16 heavy (non-hydrogen) atoms. The van der Waals surface area contributed by atoms with Crippen molar-refractivity contribution in [2.45, 2.75) is 76.9 Å². The van der Waals surface area contributed by atoms with Crippen molar-refractivity contribution in [3.8, 4) is 0 Å². The van der Waals surface area contributed by atoms with Crippen LogP contribution in [-0.4, -0.2) is 12.2 Å². The van der Waals surface area contributed by atoms with Gasteiger partial charge in [0.15, 0.2) is 0 Å². The quantitative estimate of drug-likeness (QED) is 0.681. The third kappa shape index (κ3) is 1.92. The Kier molecular flexibility index (Phi) is 3.24. The molecule has 0 radical (unpaired) electrons. The van der Waals surface area contributed by atoms with E-state index in [0.29, 0.717) is 12.2 Å². The average molecular weight is 222 g/mol. The normalized spacial score (nSPS) is 47.4. The minimum absolute atomic E-state index is 0.601. The number of rotatable bonds is 2. The van der Waals surface area contributed by atoms with Crippen molar-refractivity contribution in [1.29, 1.82) is 0 Å². The third-order valence-corrected chi connectivity index (χ3v) is 5.37. The van der Waals surface area contributed by atoms with E-state index in [4.69, 9.17) is 4.74 Å². The Hall–Kier alpha value is -0.0400. The Balaban J connectivity index is 1.64. The molecule has 3 aliphatic rings. The number of ether oxygens (including phenoxy) is 1. The Morgan fingerprint density at radius 3 is 2.75 bits per heavy atom. The second-order valence-corrected chi connectivity index (χ2v) is 6.26. The molecule has 1 saturated heterocycles. The molecular formula is C15H26O. The zero-order valence-electron chi connectivity index (χ0n) is 10.7. The Morgan fingerprint density at radius 1 is 0.938 bits per heavy atom. The summed E-state index contributed by atoms with van der Waals surface area (Å²) in [5.74, 6) is 3.06. The summed E-state index contributed by atoms with van der Waals surface area (Å²) in [5.41, 5.74) is 0. The minimum atomic E-state index is 0.601. The number of hydrogen-bond donors (Lipinski definition) is 0. The van der Waals surface area contributed by atoms with Gasteiger partial charge in [0, 0.05) is 0 Å². The molecule has 0 spiro atoms. The predicted molar refractivity (Wildman–Crippen MR) is 66.4 cm³/mol. The summed E-state index contributed by atoms with van der Waals surface area (Å²) >= 11 is 0. The first-order chi connectivity index (χ1) is 7.88. The van der Waals surface area contributed by atoms with E-state index >= 15 is 0 Å². The Bertz CT molecular complexity index is 238. The van der Waals surface area contributed by atoms with Gasteiger partial charge in [-0.3, -0.25) is 0 Å². The van der Waals surface area contributed by atoms with Crippen LogP contribution >= 0.6 is 0 Å². The van der Waals surface area contributed by atoms with Crippen LogP contribution in [-0.2, 0) is 4.74 Å². The maximum atomic E-state index is 6.34. The molecule has 3 unspecified atom stereocenters. The second-order valence-electron chi connectivity index (χ2n) is 6.26. The van der Waals surface area contributed by atoms with Gasteiger partial charge in [0.05, 0.1) is 12.2 Å². The molecule has 1 nitrogen and oxygen atoms in total. The largest absolute Gasteiger partial charge is 0.375 e. The van der Waals surface area contributed by atoms with Gasteiger partial charge in [-0.05, 0) is 56.3 Å². The first-order valence-corrected chi connectivity index (χ1v) is 7.54. The van der Waals surface area contributed by atoms with Crippen LogP contribution in [0.15, 0.2) is 0 Å². The van der Waals surface area contributed by atoms with Crippen LogP contribution in [0.3, 0.4) is 0 Å². The lowest BCUT2D eigenvalue weighted by molar-refractivity contribution is -0.125. The van der Waals surface area contributed by atoms with E-state index in [9.17, 15) is 0 Å². The predicted octanol–water partition coefficient (Wildman–Crippen LogP) is 4.16. The standard InChI is InChI=1S/C15H26O/c1-2-4-12-8-9-14-13-6-3-5-11(13)7-10-15(14)16-12/h11-15H,2-10H2,1H3/t11-,12?,13+,14?,15?/m0/s1. The Labute approximate surface area is 99.9 Å². The molecule has 3 rings (SSSR count). The van der Waals surface area contributed by atoms with E-state index in [2.05, 4.69) is 6.92 Å². The van der Waals surface area contributed by atoms with Crippen molar-refractivity contribution in [3.05, 3.63) is 0 Å². The monoisotopic (exact) mass is 222 g/mol. The van der Waals surface area contributed by atoms with Crippen molar-refractivity contribution in [2.24, 2.45) is 17.8 Å². The lowest BCUT2D eigenvalue weighted by Gasteiger charge is -2.45. The van der Waals surface area contributed by atoms with Gasteiger partial charge in [0.1, 0.15) is 0 Å². The van der Waals surface area contributed by atoms with E-state index in [1.165, 1.54) is 57.8 Å². The minimum Gasteiger partial charge on any atom is -0.375 e. The SMILES string of the molecule is CCCC1CCC2C(CC[C@@H]3CCC[C@@H]23)O1. The number of hydrogen-bond acceptors (Lipinski definition) is 1. The van der Waals surface area contributed by atoms with Crippen LogP contribution in [0.2, 0.25) is 0 Å². The zero-order chi connectivity index (χ0) is 11.0.